The van der Waals surface area contributed by atoms with Gasteiger partial charge in [-0.1, -0.05) is 70.9 Å². The van der Waals surface area contributed by atoms with Crippen molar-refractivity contribution in [1.82, 2.24) is 0 Å². The van der Waals surface area contributed by atoms with Crippen LogP contribution in [0, 0.1) is 52.3 Å². The molecule has 1 aromatic carbocycles. The molecular formula is C32H46O3. The summed E-state index contributed by atoms with van der Waals surface area (Å²) >= 11 is 0. The van der Waals surface area contributed by atoms with E-state index in [0.29, 0.717) is 53.8 Å². The number of Topliss-reactive ketones (excluding diaryl/α,β-unsaturated/α-hetero) is 1. The lowest BCUT2D eigenvalue weighted by Gasteiger charge is -2.61. The molecule has 0 bridgehead atoms. The molecular weight excluding hydrogens is 432 g/mol. The molecule has 9 atom stereocenters. The third-order valence-corrected chi connectivity index (χ3v) is 11.6. The van der Waals surface area contributed by atoms with Gasteiger partial charge < -0.3 is 4.74 Å². The molecule has 35 heavy (non-hydrogen) atoms. The van der Waals surface area contributed by atoms with Crippen molar-refractivity contribution in [2.45, 2.75) is 98.5 Å². The Kier molecular flexibility index (Phi) is 6.92. The summed E-state index contributed by atoms with van der Waals surface area (Å²) in [6, 6.07) is 9.92. The SMILES string of the molecule is C[C@H](CCC(=O)OCc1ccccc1)C1CCC2C3C(=O)[C@H](C)C4CCCC[C@]4(C)C3CC[C@@]21C. The molecule has 3 heteroatoms. The lowest BCUT2D eigenvalue weighted by molar-refractivity contribution is -0.166. The minimum absolute atomic E-state index is 0.0864. The number of ether oxygens (including phenoxy) is 1. The molecule has 5 rings (SSSR count). The Morgan fingerprint density at radius 1 is 0.971 bits per heavy atom. The molecule has 192 valence electrons. The summed E-state index contributed by atoms with van der Waals surface area (Å²) in [4.78, 5) is 26.3. The number of esters is 1. The predicted octanol–water partition coefficient (Wildman–Crippen LogP) is 7.62. The van der Waals surface area contributed by atoms with Crippen LogP contribution >= 0.6 is 0 Å². The minimum atomic E-state index is -0.0864. The normalized spacial score (nSPS) is 41.4. The molecule has 5 unspecified atom stereocenters. The standard InChI is InChI=1S/C32H46O3/c1-21(13-16-28(33)35-20-23-10-6-5-7-11-23)24-14-15-26-29-27(17-19-32(24,26)4)31(3)18-9-8-12-25(31)22(2)30(29)34/h5-7,10-11,21-22,24-27,29H,8-9,12-20H2,1-4H3/t21-,22-,24?,25?,26?,27?,29?,31+,32-/m1/s1. The van der Waals surface area contributed by atoms with Crippen LogP contribution in [0.1, 0.15) is 97.5 Å². The largest absolute Gasteiger partial charge is 0.461 e. The summed E-state index contributed by atoms with van der Waals surface area (Å²) in [5, 5.41) is 0. The second-order valence-electron chi connectivity index (χ2n) is 13.2. The molecule has 1 aromatic rings. The zero-order chi connectivity index (χ0) is 24.8. The highest BCUT2D eigenvalue weighted by Gasteiger charge is 2.64. The maximum absolute atomic E-state index is 13.9. The van der Waals surface area contributed by atoms with Crippen LogP contribution in [-0.4, -0.2) is 11.8 Å². The van der Waals surface area contributed by atoms with Crippen LogP contribution in [0.5, 0.6) is 0 Å². The fourth-order valence-electron chi connectivity index (χ4n) is 9.78. The van der Waals surface area contributed by atoms with Gasteiger partial charge in [0.25, 0.3) is 0 Å². The van der Waals surface area contributed by atoms with Crippen molar-refractivity contribution in [1.29, 1.82) is 0 Å². The Bertz CT molecular complexity index is 924. The smallest absolute Gasteiger partial charge is 0.306 e. The summed E-state index contributed by atoms with van der Waals surface area (Å²) in [7, 11) is 0. The first-order valence-electron chi connectivity index (χ1n) is 14.5. The number of carbonyl (C=O) groups excluding carboxylic acids is 2. The monoisotopic (exact) mass is 478 g/mol. The van der Waals surface area contributed by atoms with Gasteiger partial charge in [-0.25, -0.2) is 0 Å². The van der Waals surface area contributed by atoms with Gasteiger partial charge in [0.05, 0.1) is 0 Å². The van der Waals surface area contributed by atoms with E-state index in [-0.39, 0.29) is 23.2 Å². The highest BCUT2D eigenvalue weighted by molar-refractivity contribution is 5.85. The zero-order valence-electron chi connectivity index (χ0n) is 22.4. The number of ketones is 1. The Morgan fingerprint density at radius 2 is 1.71 bits per heavy atom. The Balaban J connectivity index is 1.24. The molecule has 0 aromatic heterocycles. The Morgan fingerprint density at radius 3 is 2.49 bits per heavy atom. The first-order chi connectivity index (χ1) is 16.8. The highest BCUT2D eigenvalue weighted by atomic mass is 16.5. The number of hydrogen-bond donors (Lipinski definition) is 0. The van der Waals surface area contributed by atoms with Gasteiger partial charge in [-0.3, -0.25) is 9.59 Å². The van der Waals surface area contributed by atoms with E-state index >= 15 is 0 Å². The molecule has 0 saturated heterocycles. The molecule has 0 spiro atoms. The van der Waals surface area contributed by atoms with Crippen molar-refractivity contribution in [2.75, 3.05) is 0 Å². The van der Waals surface area contributed by atoms with Crippen LogP contribution in [0.2, 0.25) is 0 Å². The van der Waals surface area contributed by atoms with Crippen LogP contribution in [0.3, 0.4) is 0 Å². The lowest BCUT2D eigenvalue weighted by Crippen LogP contribution is -2.59. The van der Waals surface area contributed by atoms with E-state index in [0.717, 1.165) is 12.0 Å². The molecule has 4 aliphatic rings. The maximum atomic E-state index is 13.9. The molecule has 0 heterocycles. The molecule has 4 saturated carbocycles. The van der Waals surface area contributed by atoms with E-state index in [1.165, 1.54) is 51.4 Å². The van der Waals surface area contributed by atoms with Gasteiger partial charge in [0.2, 0.25) is 0 Å². The Labute approximate surface area is 212 Å². The first kappa shape index (κ1) is 25.0. The number of rotatable bonds is 6. The molecule has 4 fully saturated rings. The average molecular weight is 479 g/mol. The number of hydrogen-bond acceptors (Lipinski definition) is 3. The fourth-order valence-corrected chi connectivity index (χ4v) is 9.78. The highest BCUT2D eigenvalue weighted by Crippen LogP contribution is 2.68. The van der Waals surface area contributed by atoms with Gasteiger partial charge in [-0.15, -0.1) is 0 Å². The third kappa shape index (κ3) is 4.29. The van der Waals surface area contributed by atoms with Crippen molar-refractivity contribution in [3.05, 3.63) is 35.9 Å². The quantitative estimate of drug-likeness (QED) is 0.395. The summed E-state index contributed by atoms with van der Waals surface area (Å²) in [5.41, 5.74) is 1.64. The Hall–Kier alpha value is -1.64. The van der Waals surface area contributed by atoms with E-state index in [2.05, 4.69) is 27.7 Å². The number of benzene rings is 1. The van der Waals surface area contributed by atoms with E-state index < -0.39 is 0 Å². The van der Waals surface area contributed by atoms with Crippen molar-refractivity contribution >= 4 is 11.8 Å². The second kappa shape index (κ2) is 9.67. The van der Waals surface area contributed by atoms with Crippen molar-refractivity contribution in [3.63, 3.8) is 0 Å². The minimum Gasteiger partial charge on any atom is -0.461 e. The van der Waals surface area contributed by atoms with Gasteiger partial charge >= 0.3 is 5.97 Å². The van der Waals surface area contributed by atoms with E-state index in [1.54, 1.807) is 0 Å². The van der Waals surface area contributed by atoms with Crippen LogP contribution in [0.4, 0.5) is 0 Å². The molecule has 3 nitrogen and oxygen atoms in total. The van der Waals surface area contributed by atoms with Gasteiger partial charge in [0.15, 0.2) is 0 Å². The molecule has 0 aliphatic heterocycles. The van der Waals surface area contributed by atoms with Gasteiger partial charge in [0, 0.05) is 18.3 Å². The fraction of sp³-hybridized carbons (Fsp3) is 0.750. The van der Waals surface area contributed by atoms with Crippen molar-refractivity contribution in [3.8, 4) is 0 Å². The van der Waals surface area contributed by atoms with Crippen LogP contribution in [0.15, 0.2) is 30.3 Å². The van der Waals surface area contributed by atoms with E-state index in [9.17, 15) is 9.59 Å². The topological polar surface area (TPSA) is 43.4 Å². The number of carbonyl (C=O) groups is 2. The zero-order valence-corrected chi connectivity index (χ0v) is 22.4. The summed E-state index contributed by atoms with van der Waals surface area (Å²) in [5.74, 6) is 3.85. The molecule has 4 aliphatic carbocycles. The summed E-state index contributed by atoms with van der Waals surface area (Å²) in [6.07, 6.45) is 11.5. The van der Waals surface area contributed by atoms with Crippen LogP contribution in [-0.2, 0) is 20.9 Å². The molecule has 0 amide bonds. The second-order valence-corrected chi connectivity index (χ2v) is 13.2. The van der Waals surface area contributed by atoms with Gasteiger partial charge in [-0.2, -0.15) is 0 Å². The average Bonchev–Trinajstić information content (AvgIpc) is 3.22. The lowest BCUT2D eigenvalue weighted by atomic mass is 9.42. The third-order valence-electron chi connectivity index (χ3n) is 11.6. The van der Waals surface area contributed by atoms with E-state index in [1.807, 2.05) is 30.3 Å². The molecule has 0 N–H and O–H groups in total. The van der Waals surface area contributed by atoms with Crippen LogP contribution in [0.25, 0.3) is 0 Å². The van der Waals surface area contributed by atoms with Crippen LogP contribution < -0.4 is 0 Å². The van der Waals surface area contributed by atoms with Gasteiger partial charge in [-0.05, 0) is 90.9 Å². The maximum Gasteiger partial charge on any atom is 0.306 e. The van der Waals surface area contributed by atoms with Crippen molar-refractivity contribution < 1.29 is 14.3 Å². The number of fused-ring (bicyclic) bond motifs is 5. The van der Waals surface area contributed by atoms with E-state index in [4.69, 9.17) is 4.74 Å². The summed E-state index contributed by atoms with van der Waals surface area (Å²) in [6.45, 7) is 10.0. The molecule has 0 radical (unpaired) electrons. The van der Waals surface area contributed by atoms with Gasteiger partial charge in [0.1, 0.15) is 12.4 Å². The summed E-state index contributed by atoms with van der Waals surface area (Å²) < 4.78 is 5.55. The first-order valence-corrected chi connectivity index (χ1v) is 14.5. The van der Waals surface area contributed by atoms with Crippen molar-refractivity contribution in [2.24, 2.45) is 52.3 Å². The predicted molar refractivity (Wildman–Crippen MR) is 139 cm³/mol.